The fraction of sp³-hybridized carbons (Fsp3) is 0.444. The maximum absolute atomic E-state index is 11.0. The van der Waals surface area contributed by atoms with Gasteiger partial charge in [0.1, 0.15) is 5.76 Å². The van der Waals surface area contributed by atoms with Gasteiger partial charge in [-0.1, -0.05) is 6.92 Å². The van der Waals surface area contributed by atoms with Crippen LogP contribution in [0.15, 0.2) is 16.5 Å². The molecule has 0 saturated carbocycles. The Morgan fingerprint density at radius 3 is 3.00 bits per heavy atom. The third kappa shape index (κ3) is 2.59. The predicted molar refractivity (Wildman–Crippen MR) is 47.4 cm³/mol. The lowest BCUT2D eigenvalue weighted by atomic mass is 10.4. The van der Waals surface area contributed by atoms with Crippen molar-refractivity contribution in [2.45, 2.75) is 13.5 Å². The molecule has 0 spiro atoms. The average molecular weight is 183 g/mol. The maximum Gasteiger partial charge on any atom is 0.373 e. The van der Waals surface area contributed by atoms with E-state index in [1.165, 1.54) is 7.11 Å². The molecular weight excluding hydrogens is 170 g/mol. The van der Waals surface area contributed by atoms with E-state index in [2.05, 4.69) is 10.1 Å². The molecule has 1 aromatic heterocycles. The van der Waals surface area contributed by atoms with Gasteiger partial charge in [0.25, 0.3) is 0 Å². The Kier molecular flexibility index (Phi) is 3.52. The van der Waals surface area contributed by atoms with E-state index in [-0.39, 0.29) is 5.76 Å². The van der Waals surface area contributed by atoms with E-state index in [1.807, 2.05) is 6.92 Å². The fourth-order valence-electron chi connectivity index (χ4n) is 0.931. The van der Waals surface area contributed by atoms with Gasteiger partial charge in [0, 0.05) is 0 Å². The molecule has 1 rings (SSSR count). The highest BCUT2D eigenvalue weighted by atomic mass is 16.5. The number of hydrogen-bond donors (Lipinski definition) is 1. The first-order valence-electron chi connectivity index (χ1n) is 4.15. The van der Waals surface area contributed by atoms with Crippen LogP contribution in [0.25, 0.3) is 0 Å². The topological polar surface area (TPSA) is 51.5 Å². The second-order valence-electron chi connectivity index (χ2n) is 2.54. The summed E-state index contributed by atoms with van der Waals surface area (Å²) in [7, 11) is 1.33. The quantitative estimate of drug-likeness (QED) is 0.712. The Morgan fingerprint density at radius 2 is 2.38 bits per heavy atom. The van der Waals surface area contributed by atoms with Crippen molar-refractivity contribution in [1.82, 2.24) is 5.32 Å². The molecule has 0 aliphatic carbocycles. The minimum Gasteiger partial charge on any atom is -0.463 e. The van der Waals surface area contributed by atoms with Crippen LogP contribution in [0.5, 0.6) is 0 Å². The Balaban J connectivity index is 2.58. The lowest BCUT2D eigenvalue weighted by Crippen LogP contribution is -2.10. The van der Waals surface area contributed by atoms with Gasteiger partial charge < -0.3 is 14.5 Å². The van der Waals surface area contributed by atoms with Gasteiger partial charge in [-0.2, -0.15) is 0 Å². The molecule has 1 heterocycles. The number of ether oxygens (including phenoxy) is 1. The van der Waals surface area contributed by atoms with Crippen LogP contribution in [0.1, 0.15) is 23.2 Å². The van der Waals surface area contributed by atoms with Crippen LogP contribution < -0.4 is 5.32 Å². The lowest BCUT2D eigenvalue weighted by molar-refractivity contribution is 0.0563. The molecule has 13 heavy (non-hydrogen) atoms. The van der Waals surface area contributed by atoms with Crippen molar-refractivity contribution in [1.29, 1.82) is 0 Å². The van der Waals surface area contributed by atoms with Gasteiger partial charge in [0.05, 0.1) is 13.7 Å². The van der Waals surface area contributed by atoms with Crippen molar-refractivity contribution in [3.63, 3.8) is 0 Å². The average Bonchev–Trinajstić information content (AvgIpc) is 2.62. The highest BCUT2D eigenvalue weighted by molar-refractivity contribution is 5.86. The summed E-state index contributed by atoms with van der Waals surface area (Å²) in [5.41, 5.74) is 0. The summed E-state index contributed by atoms with van der Waals surface area (Å²) in [6.07, 6.45) is 0. The highest BCUT2D eigenvalue weighted by Crippen LogP contribution is 2.08. The lowest BCUT2D eigenvalue weighted by Gasteiger charge is -1.96. The molecule has 4 nitrogen and oxygen atoms in total. The van der Waals surface area contributed by atoms with Crippen LogP contribution in [0.3, 0.4) is 0 Å². The smallest absolute Gasteiger partial charge is 0.373 e. The zero-order valence-electron chi connectivity index (χ0n) is 7.79. The summed E-state index contributed by atoms with van der Waals surface area (Å²) in [6, 6.07) is 3.37. The molecule has 0 fully saturated rings. The van der Waals surface area contributed by atoms with Gasteiger partial charge in [-0.15, -0.1) is 0 Å². The normalized spacial score (nSPS) is 10.0. The van der Waals surface area contributed by atoms with E-state index in [9.17, 15) is 4.79 Å². The molecule has 0 atom stereocenters. The number of carbonyl (C=O) groups is 1. The summed E-state index contributed by atoms with van der Waals surface area (Å²) >= 11 is 0. The van der Waals surface area contributed by atoms with E-state index in [4.69, 9.17) is 4.42 Å². The van der Waals surface area contributed by atoms with E-state index in [0.717, 1.165) is 12.3 Å². The van der Waals surface area contributed by atoms with Gasteiger partial charge in [0.2, 0.25) is 5.76 Å². The largest absolute Gasteiger partial charge is 0.463 e. The number of rotatable bonds is 4. The van der Waals surface area contributed by atoms with Crippen molar-refractivity contribution in [3.8, 4) is 0 Å². The van der Waals surface area contributed by atoms with Gasteiger partial charge >= 0.3 is 5.97 Å². The Morgan fingerprint density at radius 1 is 1.62 bits per heavy atom. The van der Waals surface area contributed by atoms with Crippen molar-refractivity contribution in [2.75, 3.05) is 13.7 Å². The number of esters is 1. The van der Waals surface area contributed by atoms with E-state index >= 15 is 0 Å². The molecule has 72 valence electrons. The first-order chi connectivity index (χ1) is 6.27. The predicted octanol–water partition coefficient (Wildman–Crippen LogP) is 1.18. The van der Waals surface area contributed by atoms with Crippen LogP contribution >= 0.6 is 0 Å². The molecular formula is C9H13NO3. The van der Waals surface area contributed by atoms with E-state index in [1.54, 1.807) is 12.1 Å². The first-order valence-corrected chi connectivity index (χ1v) is 4.15. The van der Waals surface area contributed by atoms with Crippen LogP contribution in [-0.2, 0) is 11.3 Å². The molecule has 0 saturated heterocycles. The summed E-state index contributed by atoms with van der Waals surface area (Å²) in [6.45, 7) is 3.51. The number of carbonyl (C=O) groups excluding carboxylic acids is 1. The molecule has 1 aromatic rings. The summed E-state index contributed by atoms with van der Waals surface area (Å²) in [4.78, 5) is 11.0. The minimum absolute atomic E-state index is 0.246. The summed E-state index contributed by atoms with van der Waals surface area (Å²) in [5, 5.41) is 3.09. The molecule has 0 amide bonds. The van der Waals surface area contributed by atoms with Gasteiger partial charge in [-0.05, 0) is 18.7 Å². The van der Waals surface area contributed by atoms with Gasteiger partial charge in [0.15, 0.2) is 0 Å². The number of nitrogens with one attached hydrogen (secondary N) is 1. The second kappa shape index (κ2) is 4.67. The van der Waals surface area contributed by atoms with E-state index < -0.39 is 5.97 Å². The molecule has 0 aliphatic rings. The Bertz CT molecular complexity index is 280. The van der Waals surface area contributed by atoms with Crippen molar-refractivity contribution in [2.24, 2.45) is 0 Å². The van der Waals surface area contributed by atoms with Crippen LogP contribution in [0.2, 0.25) is 0 Å². The Hall–Kier alpha value is -1.29. The maximum atomic E-state index is 11.0. The van der Waals surface area contributed by atoms with Crippen molar-refractivity contribution < 1.29 is 13.9 Å². The molecule has 4 heteroatoms. The zero-order chi connectivity index (χ0) is 9.68. The van der Waals surface area contributed by atoms with Crippen LogP contribution in [0.4, 0.5) is 0 Å². The van der Waals surface area contributed by atoms with Gasteiger partial charge in [-0.25, -0.2) is 4.79 Å². The third-order valence-corrected chi connectivity index (χ3v) is 1.60. The van der Waals surface area contributed by atoms with Crippen molar-refractivity contribution in [3.05, 3.63) is 23.7 Å². The summed E-state index contributed by atoms with van der Waals surface area (Å²) in [5.74, 6) is 0.542. The zero-order valence-corrected chi connectivity index (χ0v) is 7.79. The highest BCUT2D eigenvalue weighted by Gasteiger charge is 2.09. The number of hydrogen-bond acceptors (Lipinski definition) is 4. The molecule has 1 N–H and O–H groups in total. The second-order valence-corrected chi connectivity index (χ2v) is 2.54. The molecule has 0 unspecified atom stereocenters. The fourth-order valence-corrected chi connectivity index (χ4v) is 0.931. The molecule has 0 aromatic carbocycles. The monoisotopic (exact) mass is 183 g/mol. The molecule has 0 radical (unpaired) electrons. The summed E-state index contributed by atoms with van der Waals surface area (Å²) < 4.78 is 9.70. The number of furan rings is 1. The van der Waals surface area contributed by atoms with Gasteiger partial charge in [-0.3, -0.25) is 0 Å². The number of methoxy groups -OCH3 is 1. The molecule has 0 aliphatic heterocycles. The van der Waals surface area contributed by atoms with E-state index in [0.29, 0.717) is 6.54 Å². The van der Waals surface area contributed by atoms with Crippen LogP contribution in [-0.4, -0.2) is 19.6 Å². The van der Waals surface area contributed by atoms with Crippen LogP contribution in [0, 0.1) is 0 Å². The molecule has 0 bridgehead atoms. The Labute approximate surface area is 76.9 Å². The first kappa shape index (κ1) is 9.80. The SMILES string of the molecule is CCNCc1ccc(C(=O)OC)o1. The third-order valence-electron chi connectivity index (χ3n) is 1.60. The minimum atomic E-state index is -0.442. The standard InChI is InChI=1S/C9H13NO3/c1-3-10-6-7-4-5-8(13-7)9(11)12-2/h4-5,10H,3,6H2,1-2H3. The van der Waals surface area contributed by atoms with Crippen molar-refractivity contribution >= 4 is 5.97 Å².